The highest BCUT2D eigenvalue weighted by Crippen LogP contribution is 2.21. The molecule has 11 heteroatoms. The fourth-order valence-electron chi connectivity index (χ4n) is 3.84. The predicted octanol–water partition coefficient (Wildman–Crippen LogP) is 0.610. The number of piperazine rings is 1. The van der Waals surface area contributed by atoms with Crippen molar-refractivity contribution in [1.29, 1.82) is 0 Å². The number of H-pyrrole nitrogens is 1. The summed E-state index contributed by atoms with van der Waals surface area (Å²) >= 11 is 0. The Kier molecular flexibility index (Phi) is 6.40. The second kappa shape index (κ2) is 9.23. The Bertz CT molecular complexity index is 1210. The number of methoxy groups -OCH3 is 1. The number of nitrogens with one attached hydrogen (secondary N) is 1. The maximum Gasteiger partial charge on any atom is 0.341 e. The number of rotatable bonds is 7. The quantitative estimate of drug-likeness (QED) is 0.515. The lowest BCUT2D eigenvalue weighted by molar-refractivity contribution is 0.0600. The van der Waals surface area contributed by atoms with Gasteiger partial charge in [-0.25, -0.2) is 18.3 Å². The number of aromatic nitrogens is 3. The van der Waals surface area contributed by atoms with Crippen LogP contribution in [-0.2, 0) is 27.8 Å². The minimum atomic E-state index is -3.50. The summed E-state index contributed by atoms with van der Waals surface area (Å²) in [4.78, 5) is 26.3. The molecule has 0 atom stereocenters. The van der Waals surface area contributed by atoms with Gasteiger partial charge in [-0.1, -0.05) is 30.3 Å². The number of carbonyl (C=O) groups excluding carboxylic acids is 1. The Morgan fingerprint density at radius 3 is 2.53 bits per heavy atom. The molecule has 3 aliphatic heterocycles. The van der Waals surface area contributed by atoms with Crippen molar-refractivity contribution in [2.45, 2.75) is 13.1 Å². The predicted molar refractivity (Wildman–Crippen MR) is 118 cm³/mol. The van der Waals surface area contributed by atoms with Gasteiger partial charge in [0.15, 0.2) is 0 Å². The molecule has 3 aliphatic rings. The van der Waals surface area contributed by atoms with E-state index in [1.807, 2.05) is 18.2 Å². The van der Waals surface area contributed by atoms with Gasteiger partial charge in [-0.05, 0) is 5.56 Å². The third-order valence-electron chi connectivity index (χ3n) is 5.60. The fraction of sp³-hybridized carbons (Fsp3) is 0.381. The van der Waals surface area contributed by atoms with Crippen LogP contribution in [0.2, 0.25) is 0 Å². The molecule has 10 nitrogen and oxygen atoms in total. The number of aromatic amines is 1. The first-order valence-corrected chi connectivity index (χ1v) is 11.9. The van der Waals surface area contributed by atoms with Gasteiger partial charge < -0.3 is 9.30 Å². The number of pyridine rings is 1. The highest BCUT2D eigenvalue weighted by atomic mass is 32.2. The molecule has 3 heterocycles. The Morgan fingerprint density at radius 2 is 1.84 bits per heavy atom. The Hall–Kier alpha value is -3.02. The van der Waals surface area contributed by atoms with E-state index in [9.17, 15) is 18.0 Å². The number of aryl methyl sites for hydroxylation is 1. The van der Waals surface area contributed by atoms with E-state index in [1.54, 1.807) is 0 Å². The van der Waals surface area contributed by atoms with Crippen LogP contribution in [0.3, 0.4) is 0 Å². The van der Waals surface area contributed by atoms with Crippen molar-refractivity contribution in [2.24, 2.45) is 0 Å². The summed E-state index contributed by atoms with van der Waals surface area (Å²) in [6.45, 7) is 3.07. The molecule has 1 N–H and O–H groups in total. The topological polar surface area (TPSA) is 118 Å². The standard InChI is InChI=1S/C21H25N5O5S/c1-31-21(28)18-15-25(14-17-19(18)22-23-20(17)27)11-12-32(29,30)26-9-7-24(8-10-26)13-16-5-3-2-4-6-16/h2-6,14-15H,7-13H2,1H3,(H,23,27). The summed E-state index contributed by atoms with van der Waals surface area (Å²) in [7, 11) is -2.26. The van der Waals surface area contributed by atoms with E-state index in [0.717, 1.165) is 6.54 Å². The van der Waals surface area contributed by atoms with Gasteiger partial charge in [0, 0.05) is 51.7 Å². The number of esters is 1. The van der Waals surface area contributed by atoms with E-state index >= 15 is 0 Å². The highest BCUT2D eigenvalue weighted by Gasteiger charge is 2.27. The number of ether oxygens (including phenoxy) is 1. The second-order valence-corrected chi connectivity index (χ2v) is 9.78. The van der Waals surface area contributed by atoms with E-state index in [-0.39, 0.29) is 29.1 Å². The van der Waals surface area contributed by atoms with E-state index in [0.29, 0.717) is 26.2 Å². The zero-order chi connectivity index (χ0) is 22.7. The monoisotopic (exact) mass is 459 g/mol. The van der Waals surface area contributed by atoms with Crippen LogP contribution in [0.4, 0.5) is 0 Å². The maximum absolute atomic E-state index is 12.9. The molecule has 32 heavy (non-hydrogen) atoms. The summed E-state index contributed by atoms with van der Waals surface area (Å²) in [6.07, 6.45) is 2.96. The summed E-state index contributed by atoms with van der Waals surface area (Å²) in [5.74, 6) is -0.789. The molecule has 0 saturated carbocycles. The van der Waals surface area contributed by atoms with Gasteiger partial charge in [-0.2, -0.15) is 9.40 Å². The van der Waals surface area contributed by atoms with Crippen molar-refractivity contribution < 1.29 is 17.9 Å². The summed E-state index contributed by atoms with van der Waals surface area (Å²) in [5, 5.41) is 6.18. The van der Waals surface area contributed by atoms with Crippen molar-refractivity contribution in [3.05, 3.63) is 64.2 Å². The summed E-state index contributed by atoms with van der Waals surface area (Å²) in [5.41, 5.74) is 1.27. The average Bonchev–Trinajstić information content (AvgIpc) is 3.18. The van der Waals surface area contributed by atoms with E-state index in [4.69, 9.17) is 4.74 Å². The van der Waals surface area contributed by atoms with Crippen LogP contribution in [0.1, 0.15) is 15.9 Å². The number of nitrogens with zero attached hydrogens (tertiary/aromatic N) is 4. The maximum atomic E-state index is 12.9. The van der Waals surface area contributed by atoms with Gasteiger partial charge >= 0.3 is 5.97 Å². The molecule has 1 aromatic rings. The lowest BCUT2D eigenvalue weighted by atomic mass is 10.1. The highest BCUT2D eigenvalue weighted by molar-refractivity contribution is 7.89. The fourth-order valence-corrected chi connectivity index (χ4v) is 5.25. The van der Waals surface area contributed by atoms with Gasteiger partial charge in [0.25, 0.3) is 5.56 Å². The molecule has 0 aliphatic carbocycles. The smallest absolute Gasteiger partial charge is 0.341 e. The van der Waals surface area contributed by atoms with Crippen molar-refractivity contribution in [3.8, 4) is 11.3 Å². The van der Waals surface area contributed by atoms with Gasteiger partial charge in [-0.3, -0.25) is 9.69 Å². The van der Waals surface area contributed by atoms with Crippen molar-refractivity contribution in [3.63, 3.8) is 0 Å². The zero-order valence-electron chi connectivity index (χ0n) is 17.7. The number of hydrogen-bond acceptors (Lipinski definition) is 7. The van der Waals surface area contributed by atoms with Crippen LogP contribution >= 0.6 is 0 Å². The van der Waals surface area contributed by atoms with Crippen LogP contribution in [0.15, 0.2) is 47.5 Å². The van der Waals surface area contributed by atoms with E-state index < -0.39 is 21.6 Å². The van der Waals surface area contributed by atoms with Crippen LogP contribution in [0.25, 0.3) is 11.3 Å². The molecule has 1 saturated heterocycles. The Labute approximate surface area is 185 Å². The average molecular weight is 460 g/mol. The largest absolute Gasteiger partial charge is 0.465 e. The van der Waals surface area contributed by atoms with Crippen LogP contribution in [0.5, 0.6) is 0 Å². The van der Waals surface area contributed by atoms with Crippen molar-refractivity contribution >= 4 is 16.0 Å². The molecule has 1 fully saturated rings. The van der Waals surface area contributed by atoms with Crippen molar-refractivity contribution in [2.75, 3.05) is 39.0 Å². The first-order chi connectivity index (χ1) is 15.4. The van der Waals surface area contributed by atoms with E-state index in [2.05, 4.69) is 27.2 Å². The molecule has 0 bridgehead atoms. The molecule has 4 rings (SSSR count). The van der Waals surface area contributed by atoms with Gasteiger partial charge in [0.05, 0.1) is 18.4 Å². The first-order valence-electron chi connectivity index (χ1n) is 10.3. The number of benzene rings is 1. The Balaban J connectivity index is 1.41. The third kappa shape index (κ3) is 4.74. The van der Waals surface area contributed by atoms with Crippen molar-refractivity contribution in [1.82, 2.24) is 24.0 Å². The first kappa shape index (κ1) is 22.2. The van der Waals surface area contributed by atoms with Crippen LogP contribution in [-0.4, -0.2) is 77.4 Å². The summed E-state index contributed by atoms with van der Waals surface area (Å²) < 4.78 is 33.6. The molecule has 0 aromatic heterocycles. The number of fused-ring (bicyclic) bond motifs is 1. The number of carbonyl (C=O) groups is 1. The molecule has 0 radical (unpaired) electrons. The molecule has 1 aromatic carbocycles. The SMILES string of the molecule is COC(=O)c1cn(CCS(=O)(=O)N2CCN(Cc3ccccc3)CC2)cc2c(=O)[nH]nc1-2. The van der Waals surface area contributed by atoms with Crippen LogP contribution < -0.4 is 5.56 Å². The number of sulfonamides is 1. The van der Waals surface area contributed by atoms with Gasteiger partial charge in [-0.15, -0.1) is 0 Å². The molecular formula is C21H25N5O5S. The van der Waals surface area contributed by atoms with Gasteiger partial charge in [0.2, 0.25) is 10.0 Å². The lowest BCUT2D eigenvalue weighted by Crippen LogP contribution is -2.49. The molecule has 0 amide bonds. The molecule has 0 unspecified atom stereocenters. The molecular weight excluding hydrogens is 434 g/mol. The molecule has 170 valence electrons. The third-order valence-corrected chi connectivity index (χ3v) is 7.45. The minimum Gasteiger partial charge on any atom is -0.465 e. The normalized spacial score (nSPS) is 15.8. The second-order valence-electron chi connectivity index (χ2n) is 7.69. The number of hydrogen-bond donors (Lipinski definition) is 1. The lowest BCUT2D eigenvalue weighted by Gasteiger charge is -2.34. The minimum absolute atomic E-state index is 0.0944. The summed E-state index contributed by atoms with van der Waals surface area (Å²) in [6, 6.07) is 10.1. The Morgan fingerprint density at radius 1 is 1.12 bits per heavy atom. The van der Waals surface area contributed by atoms with Crippen LogP contribution in [0, 0.1) is 0 Å². The van der Waals surface area contributed by atoms with E-state index in [1.165, 1.54) is 33.9 Å². The van der Waals surface area contributed by atoms with Gasteiger partial charge in [0.1, 0.15) is 11.3 Å². The molecule has 0 spiro atoms. The zero-order valence-corrected chi connectivity index (χ0v) is 18.5.